The second-order valence-electron chi connectivity index (χ2n) is 5.01. The monoisotopic (exact) mass is 323 g/mol. The fourth-order valence-corrected chi connectivity index (χ4v) is 5.15. The van der Waals surface area contributed by atoms with Gasteiger partial charge in [0.25, 0.3) is 0 Å². The summed E-state index contributed by atoms with van der Waals surface area (Å²) >= 11 is 0.312. The van der Waals surface area contributed by atoms with Crippen LogP contribution in [0.25, 0.3) is 30.6 Å². The van der Waals surface area contributed by atoms with Gasteiger partial charge >= 0.3 is 123 Å². The first kappa shape index (κ1) is 11.9. The van der Waals surface area contributed by atoms with Gasteiger partial charge in [-0.2, -0.15) is 0 Å². The Balaban J connectivity index is 2.10. The van der Waals surface area contributed by atoms with Crippen molar-refractivity contribution in [3.05, 3.63) is 66.4 Å². The van der Waals surface area contributed by atoms with E-state index in [4.69, 9.17) is 0 Å². The van der Waals surface area contributed by atoms with Gasteiger partial charge in [-0.3, -0.25) is 0 Å². The van der Waals surface area contributed by atoms with Crippen LogP contribution in [0.15, 0.2) is 60.8 Å². The predicted octanol–water partition coefficient (Wildman–Crippen LogP) is 4.42. The third-order valence-corrected chi connectivity index (χ3v) is 6.04. The molecule has 0 fully saturated rings. The molecule has 0 atom stereocenters. The molecule has 0 spiro atoms. The van der Waals surface area contributed by atoms with Crippen molar-refractivity contribution in [1.82, 2.24) is 4.98 Å². The molecule has 2 aromatic heterocycles. The van der Waals surface area contributed by atoms with Gasteiger partial charge in [0.05, 0.1) is 0 Å². The summed E-state index contributed by atoms with van der Waals surface area (Å²) in [5, 5.41) is 2.68. The van der Waals surface area contributed by atoms with E-state index < -0.39 is 0 Å². The van der Waals surface area contributed by atoms with Crippen LogP contribution in [-0.4, -0.2) is 19.5 Å². The molecule has 0 radical (unpaired) electrons. The van der Waals surface area contributed by atoms with Crippen molar-refractivity contribution in [2.45, 2.75) is 6.92 Å². The summed E-state index contributed by atoms with van der Waals surface area (Å²) in [6.45, 7) is 2.15. The Morgan fingerprint density at radius 2 is 1.75 bits per heavy atom. The minimum atomic E-state index is 0.312. The number of hydrogen-bond acceptors (Lipinski definition) is 1. The molecule has 0 saturated carbocycles. The topological polar surface area (TPSA) is 12.9 Å². The number of hydrogen-bond donors (Lipinski definition) is 0. The molecule has 0 aliphatic rings. The maximum absolute atomic E-state index is 4.55. The summed E-state index contributed by atoms with van der Waals surface area (Å²) in [6.07, 6.45) is 1.90. The molecular weight excluding hydrogens is 309 g/mol. The van der Waals surface area contributed by atoms with Crippen molar-refractivity contribution in [2.75, 3.05) is 0 Å². The molecule has 0 unspecified atom stereocenters. The molecule has 0 N–H and O–H groups in total. The van der Waals surface area contributed by atoms with Gasteiger partial charge in [0.2, 0.25) is 0 Å². The number of aromatic nitrogens is 1. The zero-order chi connectivity index (χ0) is 13.5. The predicted molar refractivity (Wildman–Crippen MR) is 86.4 cm³/mol. The van der Waals surface area contributed by atoms with Crippen molar-refractivity contribution < 1.29 is 0 Å². The van der Waals surface area contributed by atoms with Gasteiger partial charge in [-0.25, -0.2) is 0 Å². The SMILES string of the molecule is Cc1cccc(-c2cccc3c2[se]c2ncccc23)c1. The molecule has 20 heavy (non-hydrogen) atoms. The Morgan fingerprint density at radius 3 is 2.65 bits per heavy atom. The van der Waals surface area contributed by atoms with Crippen molar-refractivity contribution >= 4 is 33.9 Å². The normalized spacial score (nSPS) is 11.2. The van der Waals surface area contributed by atoms with E-state index in [1.807, 2.05) is 12.3 Å². The number of aryl methyl sites for hydroxylation is 1. The van der Waals surface area contributed by atoms with E-state index in [0.717, 1.165) is 0 Å². The van der Waals surface area contributed by atoms with Gasteiger partial charge in [-0.05, 0) is 0 Å². The van der Waals surface area contributed by atoms with E-state index in [9.17, 15) is 0 Å². The quantitative estimate of drug-likeness (QED) is 0.473. The first-order valence-corrected chi connectivity index (χ1v) is 8.37. The average Bonchev–Trinajstić information content (AvgIpc) is 2.86. The standard InChI is InChI=1S/C18H13NSe/c1-12-5-2-6-13(11-12)14-7-3-8-15-16-9-4-10-19-18(16)20-17(14)15/h2-11H,1H3. The van der Waals surface area contributed by atoms with Crippen LogP contribution in [0, 0.1) is 6.92 Å². The van der Waals surface area contributed by atoms with E-state index >= 15 is 0 Å². The van der Waals surface area contributed by atoms with Crippen molar-refractivity contribution in [3.8, 4) is 11.1 Å². The van der Waals surface area contributed by atoms with Gasteiger partial charge < -0.3 is 0 Å². The van der Waals surface area contributed by atoms with E-state index in [1.165, 1.54) is 36.1 Å². The Labute approximate surface area is 123 Å². The third kappa shape index (κ3) is 1.81. The van der Waals surface area contributed by atoms with Crippen LogP contribution < -0.4 is 0 Å². The number of nitrogens with zero attached hydrogens (tertiary/aromatic N) is 1. The Bertz CT molecular complexity index is 921. The molecule has 0 aliphatic carbocycles. The molecule has 4 aromatic rings. The van der Waals surface area contributed by atoms with E-state index in [-0.39, 0.29) is 0 Å². The molecule has 2 heteroatoms. The van der Waals surface area contributed by atoms with E-state index in [2.05, 4.69) is 60.4 Å². The zero-order valence-electron chi connectivity index (χ0n) is 11.1. The second kappa shape index (κ2) is 4.59. The third-order valence-electron chi connectivity index (χ3n) is 3.60. The molecule has 0 amide bonds. The average molecular weight is 322 g/mol. The van der Waals surface area contributed by atoms with E-state index in [1.54, 1.807) is 0 Å². The Morgan fingerprint density at radius 1 is 0.900 bits per heavy atom. The van der Waals surface area contributed by atoms with Crippen molar-refractivity contribution in [3.63, 3.8) is 0 Å². The van der Waals surface area contributed by atoms with Crippen LogP contribution in [0.2, 0.25) is 0 Å². The van der Waals surface area contributed by atoms with Crippen molar-refractivity contribution in [1.29, 1.82) is 0 Å². The zero-order valence-corrected chi connectivity index (χ0v) is 12.8. The number of pyridine rings is 1. The van der Waals surface area contributed by atoms with Gasteiger partial charge in [0, 0.05) is 0 Å². The van der Waals surface area contributed by atoms with Crippen molar-refractivity contribution in [2.24, 2.45) is 0 Å². The summed E-state index contributed by atoms with van der Waals surface area (Å²) in [6, 6.07) is 19.6. The van der Waals surface area contributed by atoms with Crippen LogP contribution in [-0.2, 0) is 0 Å². The Kier molecular flexibility index (Phi) is 2.73. The Hall–Kier alpha value is -1.89. The molecule has 2 heterocycles. The van der Waals surface area contributed by atoms with E-state index in [0.29, 0.717) is 14.5 Å². The summed E-state index contributed by atoms with van der Waals surface area (Å²) < 4.78 is 2.73. The summed E-state index contributed by atoms with van der Waals surface area (Å²) in [5.74, 6) is 0. The van der Waals surface area contributed by atoms with Gasteiger partial charge in [0.15, 0.2) is 0 Å². The number of benzene rings is 2. The molecule has 2 aromatic carbocycles. The fourth-order valence-electron chi connectivity index (χ4n) is 2.67. The molecule has 0 aliphatic heterocycles. The molecule has 1 nitrogen and oxygen atoms in total. The maximum atomic E-state index is 4.55. The van der Waals surface area contributed by atoms with Gasteiger partial charge in [-0.15, -0.1) is 0 Å². The minimum absolute atomic E-state index is 0.312. The van der Waals surface area contributed by atoms with Crippen LogP contribution in [0.3, 0.4) is 0 Å². The first-order valence-electron chi connectivity index (χ1n) is 6.66. The summed E-state index contributed by atoms with van der Waals surface area (Å²) in [4.78, 5) is 4.55. The fraction of sp³-hybridized carbons (Fsp3) is 0.0556. The summed E-state index contributed by atoms with van der Waals surface area (Å²) in [7, 11) is 0. The molecule has 0 saturated heterocycles. The number of rotatable bonds is 1. The molecular formula is C18H13NSe. The van der Waals surface area contributed by atoms with Crippen LogP contribution in [0.5, 0.6) is 0 Å². The van der Waals surface area contributed by atoms with Gasteiger partial charge in [0.1, 0.15) is 0 Å². The van der Waals surface area contributed by atoms with Crippen LogP contribution >= 0.6 is 0 Å². The summed E-state index contributed by atoms with van der Waals surface area (Å²) in [5.41, 5.74) is 3.99. The molecule has 0 bridgehead atoms. The van der Waals surface area contributed by atoms with Crippen LogP contribution in [0.4, 0.5) is 0 Å². The number of fused-ring (bicyclic) bond motifs is 3. The molecule has 4 rings (SSSR count). The van der Waals surface area contributed by atoms with Crippen LogP contribution in [0.1, 0.15) is 5.56 Å². The first-order chi connectivity index (χ1) is 9.83. The van der Waals surface area contributed by atoms with Gasteiger partial charge in [-0.1, -0.05) is 0 Å². The molecule has 96 valence electrons. The second-order valence-corrected chi connectivity index (χ2v) is 7.11.